The van der Waals surface area contributed by atoms with E-state index in [1.807, 2.05) is 0 Å². The average molecular weight is 547 g/mol. The molecule has 0 fully saturated rings. The van der Waals surface area contributed by atoms with E-state index in [-0.39, 0.29) is 20.7 Å². The minimum absolute atomic E-state index is 0.0361. The van der Waals surface area contributed by atoms with E-state index >= 15 is 0 Å². The molecule has 5 aromatic rings. The second kappa shape index (κ2) is 9.61. The number of pyridine rings is 2. The zero-order valence-corrected chi connectivity index (χ0v) is 20.6. The molecule has 0 spiro atoms. The molecule has 5 aromatic heterocycles. The van der Waals surface area contributed by atoms with E-state index in [0.717, 1.165) is 29.3 Å². The van der Waals surface area contributed by atoms with Crippen LogP contribution in [0.15, 0.2) is 53.7 Å². The molecule has 0 aliphatic carbocycles. The van der Waals surface area contributed by atoms with E-state index in [4.69, 9.17) is 4.74 Å². The highest BCUT2D eigenvalue weighted by atomic mass is 32.1. The molecule has 0 aliphatic heterocycles. The molecule has 14 heteroatoms. The van der Waals surface area contributed by atoms with Crippen LogP contribution in [0.1, 0.15) is 23.6 Å². The van der Waals surface area contributed by atoms with Gasteiger partial charge in [-0.2, -0.15) is 23.4 Å². The summed E-state index contributed by atoms with van der Waals surface area (Å²) in [4.78, 5) is 17.0. The Hall–Kier alpha value is -4.17. The van der Waals surface area contributed by atoms with Crippen molar-refractivity contribution in [2.75, 3.05) is 0 Å². The molecular weight excluding hydrogens is 528 g/mol. The number of halogens is 4. The Balaban J connectivity index is 1.52. The smallest absolute Gasteiger partial charge is 0.406 e. The fourth-order valence-electron chi connectivity index (χ4n) is 3.72. The lowest BCUT2D eigenvalue weighted by Gasteiger charge is -2.11. The van der Waals surface area contributed by atoms with Crippen LogP contribution >= 0.6 is 11.3 Å². The Morgan fingerprint density at radius 2 is 1.92 bits per heavy atom. The van der Waals surface area contributed by atoms with Crippen LogP contribution in [0.4, 0.5) is 17.6 Å². The van der Waals surface area contributed by atoms with Crippen LogP contribution in [0.5, 0.6) is 11.6 Å². The number of rotatable bonds is 6. The Labute approximate surface area is 215 Å². The summed E-state index contributed by atoms with van der Waals surface area (Å²) in [7, 11) is 0. The van der Waals surface area contributed by atoms with Gasteiger partial charge >= 0.3 is 6.18 Å². The van der Waals surface area contributed by atoms with Gasteiger partial charge in [0.2, 0.25) is 5.88 Å². The van der Waals surface area contributed by atoms with Crippen LogP contribution in [0, 0.1) is 12.7 Å². The van der Waals surface area contributed by atoms with Crippen molar-refractivity contribution >= 4 is 16.9 Å². The third-order valence-electron chi connectivity index (χ3n) is 5.46. The molecule has 9 nitrogen and oxygen atoms in total. The lowest BCUT2D eigenvalue weighted by molar-refractivity contribution is -0.141. The van der Waals surface area contributed by atoms with Gasteiger partial charge in [-0.1, -0.05) is 0 Å². The fourth-order valence-corrected chi connectivity index (χ4v) is 4.76. The maximum absolute atomic E-state index is 15.0. The third-order valence-corrected chi connectivity index (χ3v) is 6.72. The zero-order chi connectivity index (χ0) is 27.2. The number of aromatic nitrogens is 6. The molecule has 0 amide bonds. The summed E-state index contributed by atoms with van der Waals surface area (Å²) in [6.07, 6.45) is -1.79. The lowest BCUT2D eigenvalue weighted by atomic mass is 10.1. The quantitative estimate of drug-likeness (QED) is 0.301. The summed E-state index contributed by atoms with van der Waals surface area (Å²) in [5.41, 5.74) is 0.129. The monoisotopic (exact) mass is 546 g/mol. The number of aliphatic hydroxyl groups excluding tert-OH is 1. The Morgan fingerprint density at radius 1 is 1.13 bits per heavy atom. The van der Waals surface area contributed by atoms with Gasteiger partial charge in [-0.25, -0.2) is 13.9 Å². The van der Waals surface area contributed by atoms with E-state index in [1.54, 1.807) is 37.4 Å². The summed E-state index contributed by atoms with van der Waals surface area (Å²) in [6, 6.07) is 7.89. The Morgan fingerprint density at radius 3 is 2.61 bits per heavy atom. The Bertz CT molecular complexity index is 1690. The minimum Gasteiger partial charge on any atom is -0.436 e. The van der Waals surface area contributed by atoms with Gasteiger partial charge in [-0.05, 0) is 38.1 Å². The number of ether oxygens (including phenoxy) is 1. The predicted molar refractivity (Wildman–Crippen MR) is 129 cm³/mol. The fraction of sp³-hybridized carbons (Fsp3) is 0.208. The molecule has 1 atom stereocenters. The van der Waals surface area contributed by atoms with Crippen molar-refractivity contribution < 1.29 is 27.4 Å². The average Bonchev–Trinajstić information content (AvgIpc) is 3.47. The number of hydrogen-bond donors (Lipinski definition) is 1. The van der Waals surface area contributed by atoms with E-state index in [2.05, 4.69) is 20.3 Å². The molecule has 0 aliphatic rings. The maximum atomic E-state index is 15.0. The number of thiazole rings is 1. The lowest BCUT2D eigenvalue weighted by Crippen LogP contribution is -2.29. The molecule has 5 heterocycles. The molecule has 0 aromatic carbocycles. The molecule has 196 valence electrons. The zero-order valence-electron chi connectivity index (χ0n) is 19.8. The highest BCUT2D eigenvalue weighted by Gasteiger charge is 2.30. The molecule has 0 saturated carbocycles. The van der Waals surface area contributed by atoms with Crippen LogP contribution in [0.25, 0.3) is 27.3 Å². The van der Waals surface area contributed by atoms with E-state index in [0.29, 0.717) is 27.7 Å². The highest BCUT2D eigenvalue weighted by Crippen LogP contribution is 2.39. The van der Waals surface area contributed by atoms with Crippen LogP contribution in [0.2, 0.25) is 0 Å². The summed E-state index contributed by atoms with van der Waals surface area (Å²) >= 11 is 1.05. The number of hydrogen-bond acceptors (Lipinski definition) is 8. The molecular formula is C24H18F4N6O3S. The standard InChI is InChI=1S/C24H18F4N6O3S/c1-12-3-6-18(32-31-12)37-14-4-5-17-16(9-29-34(17)10-14)22-30-20(21(38-22)13(2)35)15-7-8-33(11-24(26,27)28)23(36)19(15)25/h3-10,13,35H,11H2,1-2H3. The van der Waals surface area contributed by atoms with Crippen LogP contribution in [-0.2, 0) is 6.54 Å². The molecule has 0 radical (unpaired) electrons. The van der Waals surface area contributed by atoms with Gasteiger partial charge in [0, 0.05) is 17.8 Å². The molecule has 1 N–H and O–H groups in total. The van der Waals surface area contributed by atoms with Gasteiger partial charge in [-0.3, -0.25) is 4.79 Å². The first-order valence-electron chi connectivity index (χ1n) is 11.1. The van der Waals surface area contributed by atoms with Gasteiger partial charge in [0.15, 0.2) is 5.82 Å². The first kappa shape index (κ1) is 25.5. The van der Waals surface area contributed by atoms with Crippen LogP contribution in [-0.4, -0.2) is 40.6 Å². The normalized spacial score (nSPS) is 12.7. The van der Waals surface area contributed by atoms with E-state index in [1.165, 1.54) is 17.6 Å². The summed E-state index contributed by atoms with van der Waals surface area (Å²) in [5.74, 6) is -0.652. The minimum atomic E-state index is -4.70. The molecule has 0 bridgehead atoms. The van der Waals surface area contributed by atoms with Gasteiger partial charge in [0.05, 0.1) is 45.8 Å². The van der Waals surface area contributed by atoms with Crippen molar-refractivity contribution in [1.82, 2.24) is 29.4 Å². The van der Waals surface area contributed by atoms with Crippen molar-refractivity contribution in [3.8, 4) is 33.5 Å². The number of aryl methyl sites for hydroxylation is 1. The van der Waals surface area contributed by atoms with Crippen LogP contribution in [0.3, 0.4) is 0 Å². The summed E-state index contributed by atoms with van der Waals surface area (Å²) < 4.78 is 60.6. The van der Waals surface area contributed by atoms with Gasteiger partial charge < -0.3 is 14.4 Å². The predicted octanol–water partition coefficient (Wildman–Crippen LogP) is 4.93. The summed E-state index contributed by atoms with van der Waals surface area (Å²) in [5, 5.41) is 22.9. The van der Waals surface area contributed by atoms with E-state index in [9.17, 15) is 27.5 Å². The number of alkyl halides is 3. The molecule has 5 rings (SSSR count). The van der Waals surface area contributed by atoms with Gasteiger partial charge in [0.25, 0.3) is 5.56 Å². The number of aliphatic hydroxyl groups is 1. The van der Waals surface area contributed by atoms with Crippen molar-refractivity contribution in [3.05, 3.63) is 75.7 Å². The van der Waals surface area contributed by atoms with Crippen LogP contribution < -0.4 is 10.3 Å². The van der Waals surface area contributed by atoms with Crippen molar-refractivity contribution in [3.63, 3.8) is 0 Å². The van der Waals surface area contributed by atoms with Crippen molar-refractivity contribution in [2.24, 2.45) is 0 Å². The second-order valence-electron chi connectivity index (χ2n) is 8.37. The maximum Gasteiger partial charge on any atom is 0.406 e. The Kier molecular flexibility index (Phi) is 6.44. The highest BCUT2D eigenvalue weighted by molar-refractivity contribution is 7.15. The van der Waals surface area contributed by atoms with Gasteiger partial charge in [-0.15, -0.1) is 16.4 Å². The number of fused-ring (bicyclic) bond motifs is 1. The van der Waals surface area contributed by atoms with Crippen molar-refractivity contribution in [1.29, 1.82) is 0 Å². The van der Waals surface area contributed by atoms with Crippen molar-refractivity contribution in [2.45, 2.75) is 32.7 Å². The second-order valence-corrected chi connectivity index (χ2v) is 9.40. The SMILES string of the molecule is Cc1ccc(Oc2ccc3c(-c4nc(-c5ccn(CC(F)(F)F)c(=O)c5F)c(C(C)O)s4)cnn3c2)nn1. The number of nitrogens with zero attached hydrogens (tertiary/aromatic N) is 6. The molecule has 1 unspecified atom stereocenters. The first-order valence-corrected chi connectivity index (χ1v) is 11.9. The van der Waals surface area contributed by atoms with Gasteiger partial charge in [0.1, 0.15) is 17.3 Å². The molecule has 38 heavy (non-hydrogen) atoms. The summed E-state index contributed by atoms with van der Waals surface area (Å²) in [6.45, 7) is 1.62. The third kappa shape index (κ3) is 4.99. The largest absolute Gasteiger partial charge is 0.436 e. The molecule has 0 saturated heterocycles. The van der Waals surface area contributed by atoms with E-state index < -0.39 is 30.2 Å². The first-order chi connectivity index (χ1) is 18.0. The topological polar surface area (TPSA) is 107 Å².